The van der Waals surface area contributed by atoms with E-state index in [0.29, 0.717) is 11.6 Å². The van der Waals surface area contributed by atoms with Gasteiger partial charge in [-0.2, -0.15) is 5.10 Å². The van der Waals surface area contributed by atoms with Gasteiger partial charge in [0.2, 0.25) is 0 Å². The number of benzene rings is 1. The number of phenolic OH excluding ortho intramolecular Hbond substituents is 1. The summed E-state index contributed by atoms with van der Waals surface area (Å²) < 4.78 is 0. The summed E-state index contributed by atoms with van der Waals surface area (Å²) in [5, 5.41) is 16.7. The zero-order valence-corrected chi connectivity index (χ0v) is 11.2. The minimum absolute atomic E-state index is 0.120. The van der Waals surface area contributed by atoms with Crippen LogP contribution in [-0.2, 0) is 5.41 Å². The molecule has 0 radical (unpaired) electrons. The van der Waals surface area contributed by atoms with E-state index in [0.717, 1.165) is 22.3 Å². The molecular weight excluding hydrogens is 226 g/mol. The Labute approximate surface area is 107 Å². The number of rotatable bonds is 1. The number of H-pyrrole nitrogens is 1. The summed E-state index contributed by atoms with van der Waals surface area (Å²) in [5.74, 6) is 0.870. The van der Waals surface area contributed by atoms with Crippen LogP contribution in [-0.4, -0.2) is 15.3 Å². The molecule has 4 nitrogen and oxygen atoms in total. The molecule has 0 spiro atoms. The van der Waals surface area contributed by atoms with Crippen molar-refractivity contribution in [2.45, 2.75) is 33.1 Å². The Balaban J connectivity index is 2.66. The largest absolute Gasteiger partial charge is 0.508 e. The summed E-state index contributed by atoms with van der Waals surface area (Å²) in [5.41, 5.74) is 9.50. The number of nitrogens with two attached hydrogens (primary N) is 1. The molecule has 0 amide bonds. The second kappa shape index (κ2) is 4.05. The van der Waals surface area contributed by atoms with E-state index in [1.807, 2.05) is 13.0 Å². The molecule has 0 atom stereocenters. The van der Waals surface area contributed by atoms with Crippen LogP contribution in [0.4, 0.5) is 5.82 Å². The molecule has 0 fully saturated rings. The number of anilines is 1. The minimum Gasteiger partial charge on any atom is -0.508 e. The third-order valence-corrected chi connectivity index (χ3v) is 3.11. The predicted octanol–water partition coefficient (Wildman–Crippen LogP) is 2.97. The van der Waals surface area contributed by atoms with Gasteiger partial charge in [0.05, 0.1) is 6.20 Å². The van der Waals surface area contributed by atoms with Gasteiger partial charge < -0.3 is 10.8 Å². The van der Waals surface area contributed by atoms with Crippen LogP contribution in [0.2, 0.25) is 0 Å². The van der Waals surface area contributed by atoms with E-state index in [9.17, 15) is 5.11 Å². The molecule has 0 saturated carbocycles. The molecule has 1 aromatic heterocycles. The van der Waals surface area contributed by atoms with Crippen molar-refractivity contribution in [3.8, 4) is 16.9 Å². The number of aromatic amines is 1. The lowest BCUT2D eigenvalue weighted by Gasteiger charge is -2.22. The fourth-order valence-corrected chi connectivity index (χ4v) is 2.09. The monoisotopic (exact) mass is 245 g/mol. The third kappa shape index (κ3) is 2.06. The average molecular weight is 245 g/mol. The highest BCUT2D eigenvalue weighted by atomic mass is 16.3. The fourth-order valence-electron chi connectivity index (χ4n) is 2.09. The van der Waals surface area contributed by atoms with Crippen LogP contribution in [0, 0.1) is 6.92 Å². The summed E-state index contributed by atoms with van der Waals surface area (Å²) in [4.78, 5) is 0. The van der Waals surface area contributed by atoms with Gasteiger partial charge in [-0.1, -0.05) is 20.8 Å². The Kier molecular flexibility index (Phi) is 2.81. The van der Waals surface area contributed by atoms with E-state index >= 15 is 0 Å². The van der Waals surface area contributed by atoms with Gasteiger partial charge in [-0.05, 0) is 41.2 Å². The number of aromatic nitrogens is 2. The van der Waals surface area contributed by atoms with Gasteiger partial charge in [0, 0.05) is 5.56 Å². The van der Waals surface area contributed by atoms with Crippen LogP contribution in [0.1, 0.15) is 31.9 Å². The highest BCUT2D eigenvalue weighted by Gasteiger charge is 2.20. The second-order valence-electron chi connectivity index (χ2n) is 5.63. The first kappa shape index (κ1) is 12.5. The van der Waals surface area contributed by atoms with E-state index in [-0.39, 0.29) is 5.41 Å². The van der Waals surface area contributed by atoms with Crippen molar-refractivity contribution in [2.24, 2.45) is 0 Å². The van der Waals surface area contributed by atoms with Crippen LogP contribution < -0.4 is 5.73 Å². The van der Waals surface area contributed by atoms with Crippen molar-refractivity contribution in [3.05, 3.63) is 29.5 Å². The molecule has 0 unspecified atom stereocenters. The molecule has 0 aliphatic carbocycles. The van der Waals surface area contributed by atoms with Crippen LogP contribution in [0.3, 0.4) is 0 Å². The molecule has 0 aliphatic rings. The van der Waals surface area contributed by atoms with Crippen LogP contribution in [0.15, 0.2) is 18.3 Å². The van der Waals surface area contributed by atoms with Crippen molar-refractivity contribution >= 4 is 5.82 Å². The molecule has 1 aromatic carbocycles. The fraction of sp³-hybridized carbons (Fsp3) is 0.357. The Morgan fingerprint density at radius 2 is 1.89 bits per heavy atom. The van der Waals surface area contributed by atoms with Gasteiger partial charge >= 0.3 is 0 Å². The normalized spacial score (nSPS) is 11.8. The molecule has 2 aromatic rings. The first-order valence-electron chi connectivity index (χ1n) is 5.94. The van der Waals surface area contributed by atoms with E-state index in [4.69, 9.17) is 5.73 Å². The maximum Gasteiger partial charge on any atom is 0.126 e. The molecule has 1 heterocycles. The maximum atomic E-state index is 10.1. The van der Waals surface area contributed by atoms with E-state index in [1.165, 1.54) is 0 Å². The number of aryl methyl sites for hydroxylation is 1. The highest BCUT2D eigenvalue weighted by Crippen LogP contribution is 2.37. The van der Waals surface area contributed by atoms with Gasteiger partial charge in [0.25, 0.3) is 0 Å². The summed E-state index contributed by atoms with van der Waals surface area (Å²) in [7, 11) is 0. The Morgan fingerprint density at radius 1 is 1.22 bits per heavy atom. The van der Waals surface area contributed by atoms with E-state index in [1.54, 1.807) is 12.3 Å². The lowest BCUT2D eigenvalue weighted by Crippen LogP contribution is -2.11. The van der Waals surface area contributed by atoms with Crippen molar-refractivity contribution in [1.29, 1.82) is 0 Å². The number of nitrogens with one attached hydrogen (secondary N) is 1. The highest BCUT2D eigenvalue weighted by molar-refractivity contribution is 5.77. The zero-order valence-electron chi connectivity index (χ0n) is 11.2. The molecule has 4 N–H and O–H groups in total. The average Bonchev–Trinajstić information content (AvgIpc) is 2.62. The first-order chi connectivity index (χ1) is 8.30. The maximum absolute atomic E-state index is 10.1. The van der Waals surface area contributed by atoms with Crippen LogP contribution >= 0.6 is 0 Å². The second-order valence-corrected chi connectivity index (χ2v) is 5.63. The van der Waals surface area contributed by atoms with E-state index in [2.05, 4.69) is 31.0 Å². The number of hydrogen-bond donors (Lipinski definition) is 3. The van der Waals surface area contributed by atoms with Crippen LogP contribution in [0.5, 0.6) is 5.75 Å². The molecule has 96 valence electrons. The number of hydrogen-bond acceptors (Lipinski definition) is 3. The number of aromatic hydroxyl groups is 1. The molecular formula is C14H19N3O. The molecule has 18 heavy (non-hydrogen) atoms. The Morgan fingerprint density at radius 3 is 2.39 bits per heavy atom. The van der Waals surface area contributed by atoms with Crippen molar-refractivity contribution in [2.75, 3.05) is 5.73 Å². The molecule has 2 rings (SSSR count). The van der Waals surface area contributed by atoms with Crippen molar-refractivity contribution in [1.82, 2.24) is 10.2 Å². The zero-order chi connectivity index (χ0) is 13.5. The number of nitrogen functional groups attached to an aromatic ring is 1. The van der Waals surface area contributed by atoms with Gasteiger partial charge in [0.15, 0.2) is 0 Å². The SMILES string of the molecule is Cc1cc(O)c(C(C)(C)C)cc1-c1cn[nH]c1N. The lowest BCUT2D eigenvalue weighted by molar-refractivity contribution is 0.446. The smallest absolute Gasteiger partial charge is 0.126 e. The third-order valence-electron chi connectivity index (χ3n) is 3.11. The molecule has 0 bridgehead atoms. The lowest BCUT2D eigenvalue weighted by atomic mass is 9.83. The quantitative estimate of drug-likeness (QED) is 0.723. The van der Waals surface area contributed by atoms with Crippen molar-refractivity contribution in [3.63, 3.8) is 0 Å². The number of nitrogens with zero attached hydrogens (tertiary/aromatic N) is 1. The summed E-state index contributed by atoms with van der Waals surface area (Å²) >= 11 is 0. The Bertz CT molecular complexity index is 579. The Hall–Kier alpha value is -1.97. The topological polar surface area (TPSA) is 74.9 Å². The standard InChI is InChI=1S/C14H19N3O/c1-8-5-12(18)11(14(2,3)4)6-9(8)10-7-16-17-13(10)15/h5-7,18H,1-4H3,(H3,15,16,17). The van der Waals surface area contributed by atoms with Gasteiger partial charge in [-0.25, -0.2) is 0 Å². The summed E-state index contributed by atoms with van der Waals surface area (Å²) in [6, 6.07) is 3.77. The summed E-state index contributed by atoms with van der Waals surface area (Å²) in [6.07, 6.45) is 1.71. The van der Waals surface area contributed by atoms with Gasteiger partial charge in [-0.3, -0.25) is 5.10 Å². The van der Waals surface area contributed by atoms with Crippen LogP contribution in [0.25, 0.3) is 11.1 Å². The number of phenols is 1. The predicted molar refractivity (Wildman–Crippen MR) is 73.5 cm³/mol. The van der Waals surface area contributed by atoms with Gasteiger partial charge in [0.1, 0.15) is 11.6 Å². The first-order valence-corrected chi connectivity index (χ1v) is 5.94. The molecule has 0 saturated heterocycles. The van der Waals surface area contributed by atoms with Crippen molar-refractivity contribution < 1.29 is 5.11 Å². The molecule has 0 aliphatic heterocycles. The minimum atomic E-state index is -0.120. The van der Waals surface area contributed by atoms with Gasteiger partial charge in [-0.15, -0.1) is 0 Å². The van der Waals surface area contributed by atoms with E-state index < -0.39 is 0 Å². The molecule has 4 heteroatoms. The summed E-state index contributed by atoms with van der Waals surface area (Å²) in [6.45, 7) is 8.16.